The zero-order valence-corrected chi connectivity index (χ0v) is 18.0. The Morgan fingerprint density at radius 2 is 1.63 bits per heavy atom. The molecular formula is C21H24BrF3N2O3. The number of aliphatic hydroxyl groups is 1. The van der Waals surface area contributed by atoms with Gasteiger partial charge in [0.05, 0.1) is 25.0 Å². The number of benzene rings is 2. The van der Waals surface area contributed by atoms with Gasteiger partial charge in [0.15, 0.2) is 17.4 Å². The first-order valence-corrected chi connectivity index (χ1v) is 10.5. The summed E-state index contributed by atoms with van der Waals surface area (Å²) in [5.74, 6) is -2.27. The number of anilines is 1. The summed E-state index contributed by atoms with van der Waals surface area (Å²) >= 11 is 3.00. The summed E-state index contributed by atoms with van der Waals surface area (Å²) in [4.78, 5) is 4.08. The number of para-hydroxylation sites is 1. The summed E-state index contributed by atoms with van der Waals surface area (Å²) in [6.07, 6.45) is -0.703. The number of halogens is 4. The third-order valence-corrected chi connectivity index (χ3v) is 5.24. The predicted molar refractivity (Wildman–Crippen MR) is 111 cm³/mol. The molecule has 0 aromatic heterocycles. The van der Waals surface area contributed by atoms with Crippen LogP contribution in [0.15, 0.2) is 40.9 Å². The third kappa shape index (κ3) is 6.34. The summed E-state index contributed by atoms with van der Waals surface area (Å²) in [6, 6.07) is 8.94. The second kappa shape index (κ2) is 11.0. The van der Waals surface area contributed by atoms with Gasteiger partial charge in [0.1, 0.15) is 12.4 Å². The summed E-state index contributed by atoms with van der Waals surface area (Å²) < 4.78 is 51.9. The van der Waals surface area contributed by atoms with E-state index in [2.05, 4.69) is 20.8 Å². The average molecular weight is 489 g/mol. The van der Waals surface area contributed by atoms with E-state index >= 15 is 0 Å². The number of hydrogen-bond donors (Lipinski definition) is 1. The fourth-order valence-corrected chi connectivity index (χ4v) is 3.72. The third-order valence-electron chi connectivity index (χ3n) is 4.78. The van der Waals surface area contributed by atoms with Gasteiger partial charge in [-0.2, -0.15) is 0 Å². The van der Waals surface area contributed by atoms with Crippen molar-refractivity contribution in [3.8, 4) is 5.75 Å². The van der Waals surface area contributed by atoms with Crippen molar-refractivity contribution in [1.82, 2.24) is 4.90 Å². The van der Waals surface area contributed by atoms with Crippen molar-refractivity contribution in [3.63, 3.8) is 0 Å². The Morgan fingerprint density at radius 3 is 2.30 bits per heavy atom. The molecule has 0 saturated carbocycles. The molecule has 5 nitrogen and oxygen atoms in total. The predicted octanol–water partition coefficient (Wildman–Crippen LogP) is 3.44. The number of β-amino-alcohol motifs (C(OH)–C–C–N with tert-alkyl or cyclic N) is 1. The van der Waals surface area contributed by atoms with Gasteiger partial charge in [-0.05, 0) is 24.3 Å². The van der Waals surface area contributed by atoms with Gasteiger partial charge in [-0.15, -0.1) is 0 Å². The molecule has 0 radical (unpaired) electrons. The normalized spacial score (nSPS) is 16.0. The number of aliphatic hydroxyl groups excluding tert-OH is 1. The van der Waals surface area contributed by atoms with Crippen LogP contribution in [0.25, 0.3) is 0 Å². The highest BCUT2D eigenvalue weighted by Gasteiger charge is 2.21. The maximum Gasteiger partial charge on any atom is 0.190 e. The SMILES string of the molecule is OC(COCCOc1c(F)cc(Br)cc1F)CN1CCN(c2ccccc2F)CC1. The maximum absolute atomic E-state index is 13.9. The quantitative estimate of drug-likeness (QED) is 0.547. The van der Waals surface area contributed by atoms with E-state index < -0.39 is 23.5 Å². The van der Waals surface area contributed by atoms with Crippen LogP contribution in [0.2, 0.25) is 0 Å². The standard InChI is InChI=1S/C21H24BrF3N2O3/c22-15-11-18(24)21(19(25)12-15)30-10-9-29-14-16(28)13-26-5-7-27(8-6-26)20-4-2-1-3-17(20)23/h1-4,11-12,16,28H,5-10,13-14H2. The highest BCUT2D eigenvalue weighted by Crippen LogP contribution is 2.25. The lowest BCUT2D eigenvalue weighted by Crippen LogP contribution is -2.49. The lowest BCUT2D eigenvalue weighted by molar-refractivity contribution is 0.00653. The highest BCUT2D eigenvalue weighted by atomic mass is 79.9. The van der Waals surface area contributed by atoms with E-state index in [9.17, 15) is 18.3 Å². The monoisotopic (exact) mass is 488 g/mol. The van der Waals surface area contributed by atoms with Gasteiger partial charge >= 0.3 is 0 Å². The molecule has 1 atom stereocenters. The van der Waals surface area contributed by atoms with E-state index in [-0.39, 0.29) is 25.6 Å². The molecule has 30 heavy (non-hydrogen) atoms. The minimum Gasteiger partial charge on any atom is -0.485 e. The van der Waals surface area contributed by atoms with Gasteiger partial charge in [-0.25, -0.2) is 13.2 Å². The summed E-state index contributed by atoms with van der Waals surface area (Å²) in [6.45, 7) is 3.33. The second-order valence-electron chi connectivity index (χ2n) is 7.01. The Kier molecular flexibility index (Phi) is 8.38. The Labute approximate surface area is 182 Å². The van der Waals surface area contributed by atoms with Crippen LogP contribution in [0.3, 0.4) is 0 Å². The molecule has 9 heteroatoms. The van der Waals surface area contributed by atoms with Crippen molar-refractivity contribution < 1.29 is 27.8 Å². The van der Waals surface area contributed by atoms with Crippen LogP contribution in [0, 0.1) is 17.5 Å². The Bertz CT molecular complexity index is 812. The summed E-state index contributed by atoms with van der Waals surface area (Å²) in [7, 11) is 0. The number of piperazine rings is 1. The van der Waals surface area contributed by atoms with E-state index in [0.717, 1.165) is 12.1 Å². The number of ether oxygens (including phenoxy) is 2. The molecule has 2 aromatic rings. The molecule has 1 unspecified atom stereocenters. The maximum atomic E-state index is 13.9. The zero-order valence-electron chi connectivity index (χ0n) is 16.4. The lowest BCUT2D eigenvalue weighted by atomic mass is 10.2. The molecule has 1 fully saturated rings. The van der Waals surface area contributed by atoms with Crippen LogP contribution in [-0.2, 0) is 4.74 Å². The van der Waals surface area contributed by atoms with Gasteiger partial charge < -0.3 is 19.5 Å². The molecule has 2 aromatic carbocycles. The minimum absolute atomic E-state index is 0.0382. The van der Waals surface area contributed by atoms with Gasteiger partial charge in [-0.3, -0.25) is 4.90 Å². The van der Waals surface area contributed by atoms with E-state index in [0.29, 0.717) is 42.9 Å². The molecule has 0 bridgehead atoms. The van der Waals surface area contributed by atoms with Crippen LogP contribution in [0.5, 0.6) is 5.75 Å². The van der Waals surface area contributed by atoms with Gasteiger partial charge in [0, 0.05) is 37.2 Å². The Hall–Kier alpha value is -1.81. The van der Waals surface area contributed by atoms with Crippen molar-refractivity contribution in [3.05, 3.63) is 58.3 Å². The van der Waals surface area contributed by atoms with E-state index in [1.807, 2.05) is 11.0 Å². The van der Waals surface area contributed by atoms with E-state index in [1.54, 1.807) is 12.1 Å². The number of nitrogens with zero attached hydrogens (tertiary/aromatic N) is 2. The van der Waals surface area contributed by atoms with Crippen LogP contribution >= 0.6 is 15.9 Å². The van der Waals surface area contributed by atoms with E-state index in [4.69, 9.17) is 9.47 Å². The van der Waals surface area contributed by atoms with Crippen LogP contribution in [-0.4, -0.2) is 68.7 Å². The molecule has 0 aliphatic carbocycles. The zero-order chi connectivity index (χ0) is 21.5. The van der Waals surface area contributed by atoms with Crippen molar-refractivity contribution in [2.24, 2.45) is 0 Å². The second-order valence-corrected chi connectivity index (χ2v) is 7.93. The lowest BCUT2D eigenvalue weighted by Gasteiger charge is -2.36. The first kappa shape index (κ1) is 22.9. The number of rotatable bonds is 9. The first-order valence-electron chi connectivity index (χ1n) is 9.69. The van der Waals surface area contributed by atoms with Crippen LogP contribution in [0.1, 0.15) is 0 Å². The van der Waals surface area contributed by atoms with Crippen molar-refractivity contribution in [2.45, 2.75) is 6.10 Å². The molecule has 1 saturated heterocycles. The average Bonchev–Trinajstić information content (AvgIpc) is 2.70. The first-order chi connectivity index (χ1) is 14.4. The molecule has 0 spiro atoms. The minimum atomic E-state index is -0.795. The van der Waals surface area contributed by atoms with E-state index in [1.165, 1.54) is 6.07 Å². The van der Waals surface area contributed by atoms with Crippen LogP contribution < -0.4 is 9.64 Å². The van der Waals surface area contributed by atoms with Crippen LogP contribution in [0.4, 0.5) is 18.9 Å². The van der Waals surface area contributed by atoms with Crippen molar-refractivity contribution in [1.29, 1.82) is 0 Å². The fraction of sp³-hybridized carbons (Fsp3) is 0.429. The smallest absolute Gasteiger partial charge is 0.190 e. The molecule has 1 N–H and O–H groups in total. The molecule has 1 aliphatic heterocycles. The molecule has 0 amide bonds. The summed E-state index contributed by atoms with van der Waals surface area (Å²) in [5.41, 5.74) is 0.597. The van der Waals surface area contributed by atoms with Crippen molar-refractivity contribution >= 4 is 21.6 Å². The topological polar surface area (TPSA) is 45.2 Å². The molecule has 1 heterocycles. The molecule has 164 valence electrons. The van der Waals surface area contributed by atoms with Gasteiger partial charge in [0.2, 0.25) is 0 Å². The summed E-state index contributed by atoms with van der Waals surface area (Å²) in [5, 5.41) is 10.2. The Morgan fingerprint density at radius 1 is 0.967 bits per heavy atom. The molecular weight excluding hydrogens is 465 g/mol. The Balaban J connectivity index is 1.32. The molecule has 3 rings (SSSR count). The molecule has 1 aliphatic rings. The van der Waals surface area contributed by atoms with Crippen molar-refractivity contribution in [2.75, 3.05) is 57.4 Å². The van der Waals surface area contributed by atoms with Gasteiger partial charge in [-0.1, -0.05) is 28.1 Å². The largest absolute Gasteiger partial charge is 0.485 e. The fourth-order valence-electron chi connectivity index (χ4n) is 3.32. The highest BCUT2D eigenvalue weighted by molar-refractivity contribution is 9.10. The number of hydrogen-bond acceptors (Lipinski definition) is 5. The van der Waals surface area contributed by atoms with Gasteiger partial charge in [0.25, 0.3) is 0 Å².